The molecule has 2 aromatic carbocycles. The quantitative estimate of drug-likeness (QED) is 0.0416. The topological polar surface area (TPSA) is 178 Å². The zero-order valence-electron chi connectivity index (χ0n) is 28.6. The maximum atomic E-state index is 13.4. The second-order valence-corrected chi connectivity index (χ2v) is 13.3. The van der Waals surface area contributed by atoms with Crippen LogP contribution in [0.15, 0.2) is 65.6 Å². The largest absolute Gasteiger partial charge is 0.481 e. The molecule has 2 aromatic rings. The van der Waals surface area contributed by atoms with Crippen molar-refractivity contribution in [1.29, 1.82) is 0 Å². The summed E-state index contributed by atoms with van der Waals surface area (Å²) < 4.78 is 0. The summed E-state index contributed by atoms with van der Waals surface area (Å²) in [6.07, 6.45) is 13.3. The predicted octanol–water partition coefficient (Wildman–Crippen LogP) is 6.92. The standard InChI is InChI=1S/C38H51NO9S/c1-3-4-5-8-11-14-30(40)15-12-9-6-7-10-13-16-32(38(48,37(46)47)26-34(41)42)35(43)39-33(36(44)45)25-27-17-19-28(20-18-27)29-21-23-31(49-2)24-22-29/h13,16-24,32-33,48H,3-12,14-15,25-26H2,1-2H3,(H,39,43)(H,41,42)(H,44,45)(H,46,47)/b16-13+. The number of rotatable bonds is 25. The first-order chi connectivity index (χ1) is 23.4. The van der Waals surface area contributed by atoms with Crippen molar-refractivity contribution in [3.05, 3.63) is 66.2 Å². The summed E-state index contributed by atoms with van der Waals surface area (Å²) in [6, 6.07) is 13.6. The Morgan fingerprint density at radius 3 is 1.86 bits per heavy atom. The lowest BCUT2D eigenvalue weighted by Crippen LogP contribution is -2.55. The molecule has 10 nitrogen and oxygen atoms in total. The molecule has 268 valence electrons. The van der Waals surface area contributed by atoms with Crippen LogP contribution in [0, 0.1) is 5.92 Å². The number of carbonyl (C=O) groups is 5. The average molecular weight is 698 g/mol. The molecule has 0 aliphatic rings. The number of carboxylic acids is 3. The monoisotopic (exact) mass is 697 g/mol. The van der Waals surface area contributed by atoms with Crippen LogP contribution in [0.4, 0.5) is 0 Å². The summed E-state index contributed by atoms with van der Waals surface area (Å²) in [7, 11) is 0. The zero-order valence-corrected chi connectivity index (χ0v) is 29.4. The van der Waals surface area contributed by atoms with E-state index in [1.54, 1.807) is 23.9 Å². The maximum absolute atomic E-state index is 13.4. The van der Waals surface area contributed by atoms with Crippen LogP contribution in [0.3, 0.4) is 0 Å². The highest BCUT2D eigenvalue weighted by molar-refractivity contribution is 7.98. The maximum Gasteiger partial charge on any atom is 0.337 e. The summed E-state index contributed by atoms with van der Waals surface area (Å²) >= 11 is 1.63. The Kier molecular flexibility index (Phi) is 18.4. The van der Waals surface area contributed by atoms with Gasteiger partial charge in [0.1, 0.15) is 11.8 Å². The molecule has 0 saturated carbocycles. The third-order valence-electron chi connectivity index (χ3n) is 8.48. The molecule has 49 heavy (non-hydrogen) atoms. The minimum atomic E-state index is -3.01. The Labute approximate surface area is 293 Å². The van der Waals surface area contributed by atoms with E-state index in [1.165, 1.54) is 12.5 Å². The fraction of sp³-hybridized carbons (Fsp3) is 0.500. The van der Waals surface area contributed by atoms with Gasteiger partial charge >= 0.3 is 17.9 Å². The number of aliphatic carboxylic acids is 3. The lowest BCUT2D eigenvalue weighted by molar-refractivity contribution is -0.172. The first-order valence-electron chi connectivity index (χ1n) is 17.0. The smallest absolute Gasteiger partial charge is 0.337 e. The number of carboxylic acid groups (broad SMARTS) is 3. The molecular formula is C38H51NO9S. The Hall–Kier alpha value is -3.96. The van der Waals surface area contributed by atoms with Crippen molar-refractivity contribution in [3.63, 3.8) is 0 Å². The fourth-order valence-electron chi connectivity index (χ4n) is 5.55. The first-order valence-corrected chi connectivity index (χ1v) is 18.3. The number of allylic oxidation sites excluding steroid dienone is 1. The number of benzene rings is 2. The van der Waals surface area contributed by atoms with E-state index in [0.717, 1.165) is 67.0 Å². The number of nitrogens with one attached hydrogen (secondary N) is 1. The highest BCUT2D eigenvalue weighted by atomic mass is 32.2. The van der Waals surface area contributed by atoms with Gasteiger partial charge in [0.25, 0.3) is 0 Å². The van der Waals surface area contributed by atoms with E-state index in [4.69, 9.17) is 0 Å². The van der Waals surface area contributed by atoms with Crippen molar-refractivity contribution in [2.24, 2.45) is 5.92 Å². The van der Waals surface area contributed by atoms with E-state index >= 15 is 0 Å². The summed E-state index contributed by atoms with van der Waals surface area (Å²) in [5.41, 5.74) is -0.525. The van der Waals surface area contributed by atoms with Gasteiger partial charge in [-0.2, -0.15) is 0 Å². The molecule has 0 aliphatic carbocycles. The number of amides is 1. The fourth-order valence-corrected chi connectivity index (χ4v) is 5.96. The summed E-state index contributed by atoms with van der Waals surface area (Å²) in [4.78, 5) is 62.4. The number of aliphatic hydroxyl groups is 1. The van der Waals surface area contributed by atoms with Crippen LogP contribution in [-0.2, 0) is 30.4 Å². The Balaban J connectivity index is 2.03. The van der Waals surface area contributed by atoms with E-state index in [1.807, 2.05) is 42.7 Å². The van der Waals surface area contributed by atoms with E-state index in [2.05, 4.69) is 12.2 Å². The first kappa shape index (κ1) is 41.2. The minimum Gasteiger partial charge on any atom is -0.481 e. The second kappa shape index (κ2) is 21.9. The van der Waals surface area contributed by atoms with Gasteiger partial charge in [-0.3, -0.25) is 14.4 Å². The number of hydrogen-bond acceptors (Lipinski definition) is 7. The van der Waals surface area contributed by atoms with Crippen molar-refractivity contribution < 1.29 is 44.4 Å². The number of thioether (sulfide) groups is 1. The Morgan fingerprint density at radius 1 is 0.796 bits per heavy atom. The molecule has 0 bridgehead atoms. The van der Waals surface area contributed by atoms with Crippen LogP contribution in [0.2, 0.25) is 0 Å². The van der Waals surface area contributed by atoms with Gasteiger partial charge in [-0.1, -0.05) is 94.0 Å². The lowest BCUT2D eigenvalue weighted by atomic mass is 9.82. The number of Topliss-reactive ketones (excluding diaryl/α,β-unsaturated/α-hetero) is 1. The molecule has 0 spiro atoms. The van der Waals surface area contributed by atoms with Crippen LogP contribution >= 0.6 is 11.8 Å². The molecule has 5 N–H and O–H groups in total. The van der Waals surface area contributed by atoms with Crippen molar-refractivity contribution in [2.75, 3.05) is 6.26 Å². The Bertz CT molecular complexity index is 1390. The number of ketones is 1. The number of unbranched alkanes of at least 4 members (excludes halogenated alkanes) is 8. The van der Waals surface area contributed by atoms with Crippen molar-refractivity contribution in [1.82, 2.24) is 5.32 Å². The lowest BCUT2D eigenvalue weighted by Gasteiger charge is -2.29. The molecule has 0 aliphatic heterocycles. The molecular weight excluding hydrogens is 646 g/mol. The summed E-state index contributed by atoms with van der Waals surface area (Å²) in [5.74, 6) is -7.64. The van der Waals surface area contributed by atoms with Crippen LogP contribution < -0.4 is 5.32 Å². The van der Waals surface area contributed by atoms with E-state index in [-0.39, 0.29) is 12.2 Å². The summed E-state index contributed by atoms with van der Waals surface area (Å²) in [6.45, 7) is 2.15. The number of hydrogen-bond donors (Lipinski definition) is 5. The van der Waals surface area contributed by atoms with Gasteiger partial charge in [-0.25, -0.2) is 9.59 Å². The third kappa shape index (κ3) is 14.6. The van der Waals surface area contributed by atoms with Gasteiger partial charge in [0.2, 0.25) is 5.91 Å². The molecule has 3 atom stereocenters. The summed E-state index contributed by atoms with van der Waals surface area (Å²) in [5, 5.41) is 42.3. The molecule has 0 heterocycles. The molecule has 1 amide bonds. The number of carbonyl (C=O) groups excluding carboxylic acids is 2. The molecule has 2 rings (SSSR count). The van der Waals surface area contributed by atoms with Gasteiger partial charge in [0.05, 0.1) is 12.3 Å². The zero-order chi connectivity index (χ0) is 36.2. The molecule has 0 radical (unpaired) electrons. The van der Waals surface area contributed by atoms with E-state index in [0.29, 0.717) is 31.2 Å². The molecule has 0 fully saturated rings. The minimum absolute atomic E-state index is 0.130. The molecule has 0 aromatic heterocycles. The van der Waals surface area contributed by atoms with E-state index in [9.17, 15) is 44.4 Å². The van der Waals surface area contributed by atoms with Crippen molar-refractivity contribution >= 4 is 41.4 Å². The van der Waals surface area contributed by atoms with Crippen molar-refractivity contribution in [2.45, 2.75) is 113 Å². The molecule has 11 heteroatoms. The van der Waals surface area contributed by atoms with Gasteiger partial charge in [-0.05, 0) is 60.8 Å². The van der Waals surface area contributed by atoms with Gasteiger partial charge in [0.15, 0.2) is 5.60 Å². The van der Waals surface area contributed by atoms with Crippen molar-refractivity contribution in [3.8, 4) is 11.1 Å². The molecule has 0 saturated heterocycles. The van der Waals surface area contributed by atoms with Gasteiger partial charge < -0.3 is 25.7 Å². The van der Waals surface area contributed by atoms with Crippen LogP contribution in [0.1, 0.15) is 96.0 Å². The SMILES string of the molecule is CCCCCCCC(=O)CCCCCC/C=C/C(C(=O)NC(Cc1ccc(-c2ccc(SC)cc2)cc1)C(=O)O)C(O)(CC(=O)O)C(=O)O. The molecule has 3 unspecified atom stereocenters. The van der Waals surface area contributed by atoms with Gasteiger partial charge in [-0.15, -0.1) is 11.8 Å². The second-order valence-electron chi connectivity index (χ2n) is 12.4. The highest BCUT2D eigenvalue weighted by Gasteiger charge is 2.49. The van der Waals surface area contributed by atoms with Crippen LogP contribution in [-0.4, -0.2) is 67.9 Å². The third-order valence-corrected chi connectivity index (χ3v) is 9.23. The van der Waals surface area contributed by atoms with Gasteiger partial charge in [0, 0.05) is 24.2 Å². The van der Waals surface area contributed by atoms with E-state index < -0.39 is 47.8 Å². The Morgan fingerprint density at radius 2 is 1.35 bits per heavy atom. The predicted molar refractivity (Wildman–Crippen MR) is 190 cm³/mol. The van der Waals surface area contributed by atoms with Crippen LogP contribution in [0.25, 0.3) is 11.1 Å². The average Bonchev–Trinajstić information content (AvgIpc) is 3.07. The normalized spacial score (nSPS) is 13.8. The van der Waals surface area contributed by atoms with Crippen LogP contribution in [0.5, 0.6) is 0 Å². The highest BCUT2D eigenvalue weighted by Crippen LogP contribution is 2.27.